The number of hydrogen-bond acceptors (Lipinski definition) is 3. The third-order valence-electron chi connectivity index (χ3n) is 6.10. The van der Waals surface area contributed by atoms with Crippen molar-refractivity contribution in [1.29, 1.82) is 0 Å². The summed E-state index contributed by atoms with van der Waals surface area (Å²) in [6, 6.07) is 13.3. The quantitative estimate of drug-likeness (QED) is 0.788. The lowest BCUT2D eigenvalue weighted by Gasteiger charge is -2.32. The van der Waals surface area contributed by atoms with Crippen LogP contribution >= 0.6 is 0 Å². The van der Waals surface area contributed by atoms with Gasteiger partial charge in [-0.15, -0.1) is 0 Å². The fourth-order valence-corrected chi connectivity index (χ4v) is 5.21. The summed E-state index contributed by atoms with van der Waals surface area (Å²) in [4.78, 5) is 14.9. The molecule has 0 aromatic heterocycles. The van der Waals surface area contributed by atoms with Gasteiger partial charge in [0.1, 0.15) is 0 Å². The number of amides is 1. The van der Waals surface area contributed by atoms with E-state index in [0.717, 1.165) is 36.1 Å². The fourth-order valence-electron chi connectivity index (χ4n) is 4.13. The highest BCUT2D eigenvalue weighted by Crippen LogP contribution is 2.38. The van der Waals surface area contributed by atoms with Gasteiger partial charge >= 0.3 is 0 Å². The summed E-state index contributed by atoms with van der Waals surface area (Å²) in [7, 11) is -3.58. The minimum Gasteiger partial charge on any atom is -0.309 e. The van der Waals surface area contributed by atoms with Crippen LogP contribution in [0.4, 0.5) is 5.69 Å². The molecule has 1 aliphatic carbocycles. The topological polar surface area (TPSA) is 66.5 Å². The van der Waals surface area contributed by atoms with Gasteiger partial charge in [-0.1, -0.05) is 36.2 Å². The van der Waals surface area contributed by atoms with Gasteiger partial charge in [0.15, 0.2) is 0 Å². The molecule has 0 radical (unpaired) electrons. The maximum absolute atomic E-state index is 12.8. The van der Waals surface area contributed by atoms with Crippen LogP contribution in [0, 0.1) is 12.8 Å². The minimum atomic E-state index is -3.58. The Morgan fingerprint density at radius 2 is 1.86 bits per heavy atom. The van der Waals surface area contributed by atoms with Crippen LogP contribution in [0.1, 0.15) is 42.9 Å². The lowest BCUT2D eigenvalue weighted by molar-refractivity contribution is -0.125. The zero-order chi connectivity index (χ0) is 20.6. The Kier molecular flexibility index (Phi) is 5.49. The molecule has 4 rings (SSSR count). The standard InChI is InChI=1S/C23H28N2O3S/c1-16-6-8-18(9-7-16)12-13-24-29(27,28)21-10-11-22-20(15-21)14-17(2)25(22)23(26)19-4-3-5-19/h6-11,15,17,19,24H,3-5,12-14H2,1-2H3. The largest absolute Gasteiger partial charge is 0.309 e. The van der Waals surface area contributed by atoms with Gasteiger partial charge in [0.2, 0.25) is 15.9 Å². The van der Waals surface area contributed by atoms with Crippen LogP contribution in [-0.4, -0.2) is 26.9 Å². The van der Waals surface area contributed by atoms with E-state index in [1.807, 2.05) is 43.0 Å². The van der Waals surface area contributed by atoms with E-state index < -0.39 is 10.0 Å². The lowest BCUT2D eigenvalue weighted by Crippen LogP contribution is -2.42. The molecule has 29 heavy (non-hydrogen) atoms. The molecule has 1 N–H and O–H groups in total. The lowest BCUT2D eigenvalue weighted by atomic mass is 9.84. The summed E-state index contributed by atoms with van der Waals surface area (Å²) >= 11 is 0. The SMILES string of the molecule is Cc1ccc(CCNS(=O)(=O)c2ccc3c(c2)CC(C)N3C(=O)C2CCC2)cc1. The third-order valence-corrected chi connectivity index (χ3v) is 7.55. The van der Waals surface area contributed by atoms with Crippen LogP contribution < -0.4 is 9.62 Å². The molecular weight excluding hydrogens is 384 g/mol. The van der Waals surface area contributed by atoms with Gasteiger partial charge in [0, 0.05) is 24.2 Å². The second kappa shape index (κ2) is 7.92. The maximum atomic E-state index is 12.8. The van der Waals surface area contributed by atoms with Gasteiger partial charge in [-0.25, -0.2) is 13.1 Å². The molecule has 1 heterocycles. The van der Waals surface area contributed by atoms with Crippen molar-refractivity contribution in [3.63, 3.8) is 0 Å². The first-order valence-corrected chi connectivity index (χ1v) is 11.8. The van der Waals surface area contributed by atoms with E-state index in [1.165, 1.54) is 5.56 Å². The highest BCUT2D eigenvalue weighted by atomic mass is 32.2. The normalized spacial score (nSPS) is 19.1. The van der Waals surface area contributed by atoms with Crippen LogP contribution in [0.2, 0.25) is 0 Å². The summed E-state index contributed by atoms with van der Waals surface area (Å²) in [6.45, 7) is 4.41. The average Bonchev–Trinajstić information content (AvgIpc) is 2.96. The molecule has 1 fully saturated rings. The van der Waals surface area contributed by atoms with Gasteiger partial charge in [-0.2, -0.15) is 0 Å². The predicted octanol–water partition coefficient (Wildman–Crippen LogP) is 3.59. The number of carbonyl (C=O) groups is 1. The summed E-state index contributed by atoms with van der Waals surface area (Å²) < 4.78 is 28.2. The molecular formula is C23H28N2O3S. The van der Waals surface area contributed by atoms with Gasteiger partial charge < -0.3 is 4.90 Å². The van der Waals surface area contributed by atoms with Crippen molar-refractivity contribution in [1.82, 2.24) is 4.72 Å². The molecule has 5 nitrogen and oxygen atoms in total. The minimum absolute atomic E-state index is 0.0746. The van der Waals surface area contributed by atoms with Crippen LogP contribution in [0.5, 0.6) is 0 Å². The monoisotopic (exact) mass is 412 g/mol. The highest BCUT2D eigenvalue weighted by Gasteiger charge is 2.37. The van der Waals surface area contributed by atoms with Crippen LogP contribution in [0.15, 0.2) is 47.4 Å². The first-order chi connectivity index (χ1) is 13.8. The van der Waals surface area contributed by atoms with Gasteiger partial charge in [0.25, 0.3) is 0 Å². The van der Waals surface area contributed by atoms with Gasteiger partial charge in [-0.3, -0.25) is 4.79 Å². The molecule has 2 aliphatic rings. The molecule has 0 bridgehead atoms. The number of benzene rings is 2. The van der Waals surface area contributed by atoms with Crippen molar-refractivity contribution in [3.8, 4) is 0 Å². The van der Waals surface area contributed by atoms with E-state index in [-0.39, 0.29) is 22.8 Å². The second-order valence-electron chi connectivity index (χ2n) is 8.31. The van der Waals surface area contributed by atoms with Crippen LogP contribution in [0.3, 0.4) is 0 Å². The number of hydrogen-bond donors (Lipinski definition) is 1. The maximum Gasteiger partial charge on any atom is 0.240 e. The summed E-state index contributed by atoms with van der Waals surface area (Å²) in [5, 5.41) is 0. The van der Waals surface area contributed by atoms with E-state index in [0.29, 0.717) is 19.4 Å². The molecule has 1 saturated carbocycles. The van der Waals surface area contributed by atoms with Crippen molar-refractivity contribution in [2.24, 2.45) is 5.92 Å². The zero-order valence-corrected chi connectivity index (χ0v) is 17.8. The summed E-state index contributed by atoms with van der Waals surface area (Å²) in [5.74, 6) is 0.324. The molecule has 1 amide bonds. The second-order valence-corrected chi connectivity index (χ2v) is 10.1. The fraction of sp³-hybridized carbons (Fsp3) is 0.435. The predicted molar refractivity (Wildman–Crippen MR) is 115 cm³/mol. The number of aryl methyl sites for hydroxylation is 1. The van der Waals surface area contributed by atoms with E-state index >= 15 is 0 Å². The molecule has 154 valence electrons. The summed E-state index contributed by atoms with van der Waals surface area (Å²) in [5.41, 5.74) is 4.09. The average molecular weight is 413 g/mol. The van der Waals surface area contributed by atoms with E-state index in [2.05, 4.69) is 4.72 Å². The summed E-state index contributed by atoms with van der Waals surface area (Å²) in [6.07, 6.45) is 4.39. The Balaban J connectivity index is 1.45. The Labute approximate surface area is 173 Å². The Morgan fingerprint density at radius 1 is 1.14 bits per heavy atom. The number of nitrogens with zero attached hydrogens (tertiary/aromatic N) is 1. The molecule has 6 heteroatoms. The Morgan fingerprint density at radius 3 is 2.52 bits per heavy atom. The molecule has 2 aromatic carbocycles. The molecule has 0 spiro atoms. The van der Waals surface area contributed by atoms with Crippen molar-refractivity contribution in [3.05, 3.63) is 59.2 Å². The van der Waals surface area contributed by atoms with Crippen LogP contribution in [-0.2, 0) is 27.7 Å². The van der Waals surface area contributed by atoms with Crippen molar-refractivity contribution < 1.29 is 13.2 Å². The van der Waals surface area contributed by atoms with Gasteiger partial charge in [0.05, 0.1) is 4.90 Å². The van der Waals surface area contributed by atoms with E-state index in [9.17, 15) is 13.2 Å². The molecule has 1 aliphatic heterocycles. The number of carbonyl (C=O) groups excluding carboxylic acids is 1. The highest BCUT2D eigenvalue weighted by molar-refractivity contribution is 7.89. The number of anilines is 1. The Hall–Kier alpha value is -2.18. The molecule has 1 unspecified atom stereocenters. The third kappa shape index (κ3) is 4.09. The zero-order valence-electron chi connectivity index (χ0n) is 17.0. The first-order valence-electron chi connectivity index (χ1n) is 10.4. The Bertz CT molecular complexity index is 1010. The van der Waals surface area contributed by atoms with E-state index in [1.54, 1.807) is 18.2 Å². The number of nitrogens with one attached hydrogen (secondary N) is 1. The van der Waals surface area contributed by atoms with Gasteiger partial charge in [-0.05, 0) is 68.9 Å². The van der Waals surface area contributed by atoms with E-state index in [4.69, 9.17) is 0 Å². The molecule has 0 saturated heterocycles. The number of fused-ring (bicyclic) bond motifs is 1. The first kappa shape index (κ1) is 20.1. The smallest absolute Gasteiger partial charge is 0.240 e. The van der Waals surface area contributed by atoms with Crippen molar-refractivity contribution in [2.75, 3.05) is 11.4 Å². The van der Waals surface area contributed by atoms with Crippen LogP contribution in [0.25, 0.3) is 0 Å². The number of rotatable bonds is 6. The molecule has 2 aromatic rings. The van der Waals surface area contributed by atoms with Crippen molar-refractivity contribution in [2.45, 2.75) is 56.9 Å². The van der Waals surface area contributed by atoms with Crippen molar-refractivity contribution >= 4 is 21.6 Å². The number of sulfonamides is 1. The molecule has 1 atom stereocenters.